The second-order valence-corrected chi connectivity index (χ2v) is 12.0. The van der Waals surface area contributed by atoms with Gasteiger partial charge in [0.15, 0.2) is 6.23 Å². The van der Waals surface area contributed by atoms with Crippen molar-refractivity contribution in [1.82, 2.24) is 0 Å². The molecule has 203 valence electrons. The van der Waals surface area contributed by atoms with Gasteiger partial charge in [0.2, 0.25) is 0 Å². The first kappa shape index (κ1) is 23.7. The summed E-state index contributed by atoms with van der Waals surface area (Å²) < 4.78 is 29.2. The van der Waals surface area contributed by atoms with Crippen LogP contribution in [0.4, 0.5) is 0 Å². The van der Waals surface area contributed by atoms with Gasteiger partial charge in [0.25, 0.3) is 0 Å². The molecule has 0 aromatic heterocycles. The van der Waals surface area contributed by atoms with E-state index in [0.29, 0.717) is 24.0 Å². The Bertz CT molecular complexity index is 1140. The van der Waals surface area contributed by atoms with Crippen LogP contribution in [-0.4, -0.2) is 30.6 Å². The Labute approximate surface area is 245 Å². The Morgan fingerprint density at radius 1 is 1.22 bits per heavy atom. The molecule has 0 spiro atoms. The number of allylic oxidation sites excluding steroid dienone is 4. The van der Waals surface area contributed by atoms with Gasteiger partial charge in [-0.25, -0.2) is 12.0 Å². The van der Waals surface area contributed by atoms with Crippen molar-refractivity contribution in [2.75, 3.05) is 6.54 Å². The van der Waals surface area contributed by atoms with E-state index in [-0.39, 0.29) is 38.4 Å². The molecule has 0 aromatic carbocycles. The predicted molar refractivity (Wildman–Crippen MR) is 150 cm³/mol. The van der Waals surface area contributed by atoms with Crippen molar-refractivity contribution in [3.8, 4) is 0 Å². The summed E-state index contributed by atoms with van der Waals surface area (Å²) in [5.41, 5.74) is 4.18. The summed E-state index contributed by atoms with van der Waals surface area (Å²) in [7, 11) is 0. The van der Waals surface area contributed by atoms with E-state index in [1.165, 1.54) is 47.4 Å². The standard InChI is InChI=1S/C19H22N2OS.C12H17N.Ir/c1-11-5-6-13-12-3-2-4-14(18(12)22-19(13)20-11)15-7-8-17-16(21-15)9-10-23-17;1-10-7-8-12(13-9-10)11-5-3-2-4-6-11;/h4,8-10,12-13,15-16,19H,2-3,5-7H2,1H3;8,10H,2-5,7,9H2,1H3;/q2*-2;/t12?,13?,15-,16-,19+;10-;/m10./s1/i1D3;;. The summed E-state index contributed by atoms with van der Waals surface area (Å²) in [6.45, 7) is 1.17. The Balaban J connectivity index is 0.000000195. The fourth-order valence-electron chi connectivity index (χ4n) is 6.37. The third-order valence-corrected chi connectivity index (χ3v) is 9.35. The van der Waals surface area contributed by atoms with E-state index in [9.17, 15) is 0 Å². The fourth-order valence-corrected chi connectivity index (χ4v) is 7.22. The average molecular weight is 697 g/mol. The first-order chi connectivity index (χ1) is 18.9. The molecule has 2 unspecified atom stereocenters. The zero-order chi connectivity index (χ0) is 27.0. The van der Waals surface area contributed by atoms with Crippen LogP contribution < -0.4 is 0 Å². The minimum atomic E-state index is -2.10. The van der Waals surface area contributed by atoms with Crippen molar-refractivity contribution in [2.24, 2.45) is 22.7 Å². The summed E-state index contributed by atoms with van der Waals surface area (Å²) in [5, 5.41) is 11.7. The molecule has 1 fully saturated rings. The maximum atomic E-state index is 7.65. The molecule has 0 aromatic rings. The minimum Gasteiger partial charge on any atom is -0.769 e. The van der Waals surface area contributed by atoms with Crippen LogP contribution in [0.15, 0.2) is 56.1 Å². The average Bonchev–Trinajstić information content (AvgIpc) is 3.57. The van der Waals surface area contributed by atoms with Crippen molar-refractivity contribution in [1.29, 1.82) is 0 Å². The van der Waals surface area contributed by atoms with Crippen LogP contribution in [-0.2, 0) is 24.8 Å². The second kappa shape index (κ2) is 12.3. The van der Waals surface area contributed by atoms with Crippen LogP contribution in [0.25, 0.3) is 10.6 Å². The van der Waals surface area contributed by atoms with Crippen LogP contribution in [0, 0.1) is 30.3 Å². The van der Waals surface area contributed by atoms with E-state index in [1.807, 2.05) is 0 Å². The first-order valence-electron chi connectivity index (χ1n) is 15.4. The van der Waals surface area contributed by atoms with Crippen LogP contribution >= 0.6 is 11.8 Å². The SMILES string of the molecule is C[C@H]1CC=C(C2=[C-]CCCC2)[N-]C1.[2H]C([2H])([2H])C1=N[C@H]2OC3=C([C@H]4CC=C5SC=C[C@H]5[N-]4)[CH-]CCC3C2CC1.[Ir]. The van der Waals surface area contributed by atoms with E-state index in [0.717, 1.165) is 50.3 Å². The van der Waals surface area contributed by atoms with E-state index < -0.39 is 6.85 Å². The molecule has 0 saturated carbocycles. The van der Waals surface area contributed by atoms with Gasteiger partial charge in [0, 0.05) is 35.8 Å². The molecule has 7 rings (SSSR count). The quantitative estimate of drug-likeness (QED) is 0.273. The van der Waals surface area contributed by atoms with Gasteiger partial charge in [-0.15, -0.1) is 37.2 Å². The van der Waals surface area contributed by atoms with Gasteiger partial charge < -0.3 is 21.1 Å². The number of fused-ring (bicyclic) bond motifs is 4. The molecular formula is C31H39IrN3OS-4. The number of aliphatic imine (C=N–C) groups is 1. The number of ether oxygens (including phenoxy) is 1. The normalized spacial score (nSPS) is 37.4. The van der Waals surface area contributed by atoms with Gasteiger partial charge >= 0.3 is 0 Å². The summed E-state index contributed by atoms with van der Waals surface area (Å²) in [6, 6.07) is 0.348. The summed E-state index contributed by atoms with van der Waals surface area (Å²) in [4.78, 5) is 5.84. The maximum absolute atomic E-state index is 7.65. The molecule has 37 heavy (non-hydrogen) atoms. The van der Waals surface area contributed by atoms with Crippen molar-refractivity contribution in [3.63, 3.8) is 0 Å². The zero-order valence-electron chi connectivity index (χ0n) is 24.6. The van der Waals surface area contributed by atoms with Gasteiger partial charge in [-0.1, -0.05) is 63.1 Å². The summed E-state index contributed by atoms with van der Waals surface area (Å²) in [6.07, 6.45) is 22.8. The molecule has 1 radical (unpaired) electrons. The Morgan fingerprint density at radius 2 is 2.16 bits per heavy atom. The van der Waals surface area contributed by atoms with Crippen LogP contribution in [0.3, 0.4) is 0 Å². The largest absolute Gasteiger partial charge is 0.769 e. The molecule has 5 aliphatic heterocycles. The molecule has 4 nitrogen and oxygen atoms in total. The molecule has 7 aliphatic rings. The van der Waals surface area contributed by atoms with Gasteiger partial charge in [0.1, 0.15) is 0 Å². The zero-order valence-corrected chi connectivity index (χ0v) is 24.8. The Morgan fingerprint density at radius 3 is 2.97 bits per heavy atom. The molecule has 0 N–H and O–H groups in total. The van der Waals surface area contributed by atoms with Gasteiger partial charge in [0.05, 0.1) is 0 Å². The van der Waals surface area contributed by atoms with Gasteiger partial charge in [-0.05, 0) is 48.1 Å². The number of rotatable bonds is 2. The van der Waals surface area contributed by atoms with Crippen molar-refractivity contribution in [2.45, 2.75) is 96.3 Å². The first-order valence-corrected chi connectivity index (χ1v) is 14.8. The molecular weight excluding hydrogens is 655 g/mol. The Kier molecular flexibility index (Phi) is 7.88. The number of nitrogens with zero attached hydrogens (tertiary/aromatic N) is 3. The topological polar surface area (TPSA) is 49.8 Å². The van der Waals surface area contributed by atoms with Crippen molar-refractivity contribution in [3.05, 3.63) is 74.3 Å². The smallest absolute Gasteiger partial charge is 0.171 e. The summed E-state index contributed by atoms with van der Waals surface area (Å²) >= 11 is 1.77. The third kappa shape index (κ3) is 6.03. The molecule has 1 saturated heterocycles. The Hall–Kier alpha value is -1.20. The van der Waals surface area contributed by atoms with Crippen LogP contribution in [0.5, 0.6) is 0 Å². The van der Waals surface area contributed by atoms with E-state index in [1.54, 1.807) is 11.8 Å². The molecule has 0 amide bonds. The number of thioether (sulfide) groups is 1. The van der Waals surface area contributed by atoms with Crippen LogP contribution in [0.1, 0.15) is 82.1 Å². The van der Waals surface area contributed by atoms with E-state index in [4.69, 9.17) is 14.2 Å². The van der Waals surface area contributed by atoms with Crippen LogP contribution in [0.2, 0.25) is 0 Å². The van der Waals surface area contributed by atoms with Gasteiger partial charge in [-0.3, -0.25) is 11.1 Å². The monoisotopic (exact) mass is 697 g/mol. The van der Waals surface area contributed by atoms with Crippen molar-refractivity contribution < 1.29 is 29.0 Å². The summed E-state index contributed by atoms with van der Waals surface area (Å²) in [5.74, 6) is 2.47. The molecule has 0 bridgehead atoms. The van der Waals surface area contributed by atoms with E-state index >= 15 is 0 Å². The molecule has 2 aliphatic carbocycles. The van der Waals surface area contributed by atoms with Crippen molar-refractivity contribution >= 4 is 17.5 Å². The maximum Gasteiger partial charge on any atom is 0.171 e. The molecule has 6 atom stereocenters. The second-order valence-electron chi connectivity index (χ2n) is 11.0. The minimum absolute atomic E-state index is 0. The third-order valence-electron chi connectivity index (χ3n) is 8.38. The molecule has 5 heterocycles. The molecule has 6 heteroatoms. The predicted octanol–water partition coefficient (Wildman–Crippen LogP) is 8.33. The fraction of sp³-hybridized carbons (Fsp3) is 0.613. The van der Waals surface area contributed by atoms with Gasteiger partial charge in [-0.2, -0.15) is 11.6 Å². The van der Waals surface area contributed by atoms with E-state index in [2.05, 4.69) is 53.4 Å². The number of hydrogen-bond donors (Lipinski definition) is 0. The number of hydrogen-bond acceptors (Lipinski definition) is 3.